The van der Waals surface area contributed by atoms with Crippen LogP contribution in [0.3, 0.4) is 0 Å². The van der Waals surface area contributed by atoms with E-state index < -0.39 is 11.6 Å². The van der Waals surface area contributed by atoms with Crippen molar-refractivity contribution in [3.05, 3.63) is 69.4 Å². The molecule has 0 aliphatic carbocycles. The van der Waals surface area contributed by atoms with Gasteiger partial charge < -0.3 is 0 Å². The zero-order valence-corrected chi connectivity index (χ0v) is 12.4. The fourth-order valence-corrected chi connectivity index (χ4v) is 2.15. The van der Waals surface area contributed by atoms with Gasteiger partial charge in [0.1, 0.15) is 5.82 Å². The number of halogens is 2. The fraction of sp³-hybridized carbons (Fsp3) is 0.125. The van der Waals surface area contributed by atoms with Crippen molar-refractivity contribution in [3.8, 4) is 0 Å². The van der Waals surface area contributed by atoms with Crippen LogP contribution >= 0.6 is 15.9 Å². The molecule has 102 valence electrons. The molecule has 0 radical (unpaired) electrons. The average molecular weight is 335 g/mol. The molecule has 2 nitrogen and oxygen atoms in total. The Morgan fingerprint density at radius 1 is 1.05 bits per heavy atom. The van der Waals surface area contributed by atoms with E-state index in [1.807, 2.05) is 6.92 Å². The summed E-state index contributed by atoms with van der Waals surface area (Å²) in [5.74, 6) is -1.45. The highest BCUT2D eigenvalue weighted by atomic mass is 79.9. The number of hydrogen-bond acceptors (Lipinski definition) is 2. The number of ketones is 2. The second kappa shape index (κ2) is 6.09. The fourth-order valence-electron chi connectivity index (χ4n) is 1.79. The maximum absolute atomic E-state index is 13.6. The Morgan fingerprint density at radius 3 is 2.35 bits per heavy atom. The molecule has 2 rings (SSSR count). The molecule has 0 fully saturated rings. The van der Waals surface area contributed by atoms with Crippen LogP contribution in [0.2, 0.25) is 0 Å². The first-order valence-electron chi connectivity index (χ1n) is 6.05. The second-order valence-electron chi connectivity index (χ2n) is 4.51. The summed E-state index contributed by atoms with van der Waals surface area (Å²) in [6.45, 7) is 1.91. The number of carbonyl (C=O) groups excluding carboxylic acids is 2. The Balaban J connectivity index is 2.17. The van der Waals surface area contributed by atoms with Crippen molar-refractivity contribution in [1.82, 2.24) is 0 Å². The smallest absolute Gasteiger partial charge is 0.173 e. The average Bonchev–Trinajstić information content (AvgIpc) is 2.42. The van der Waals surface area contributed by atoms with Crippen molar-refractivity contribution >= 4 is 27.5 Å². The first-order chi connectivity index (χ1) is 9.47. The van der Waals surface area contributed by atoms with Crippen LogP contribution in [0.4, 0.5) is 4.39 Å². The van der Waals surface area contributed by atoms with Crippen LogP contribution in [-0.2, 0) is 0 Å². The third-order valence-corrected chi connectivity index (χ3v) is 3.42. The first-order valence-corrected chi connectivity index (χ1v) is 6.85. The Hall–Kier alpha value is -1.81. The van der Waals surface area contributed by atoms with E-state index in [0.717, 1.165) is 5.56 Å². The van der Waals surface area contributed by atoms with E-state index in [9.17, 15) is 14.0 Å². The standard InChI is InChI=1S/C16H12BrFO2/c1-10-2-4-11(5-3-10)15(19)9-16(20)13-8-12(17)6-7-14(13)18/h2-8H,9H2,1H3. The zero-order valence-electron chi connectivity index (χ0n) is 10.8. The predicted octanol–water partition coefficient (Wildman–Crippen LogP) is 4.35. The van der Waals surface area contributed by atoms with Gasteiger partial charge >= 0.3 is 0 Å². The monoisotopic (exact) mass is 334 g/mol. The number of Topliss-reactive ketones (excluding diaryl/α,β-unsaturated/α-hetero) is 2. The molecule has 2 aromatic rings. The molecule has 0 aromatic heterocycles. The van der Waals surface area contributed by atoms with E-state index in [0.29, 0.717) is 10.0 Å². The van der Waals surface area contributed by atoms with Crippen LogP contribution in [0.25, 0.3) is 0 Å². The molecule has 0 atom stereocenters. The van der Waals surface area contributed by atoms with Gasteiger partial charge in [0.05, 0.1) is 12.0 Å². The van der Waals surface area contributed by atoms with Crippen LogP contribution in [0.15, 0.2) is 46.9 Å². The molecule has 2 aromatic carbocycles. The number of carbonyl (C=O) groups is 2. The highest BCUT2D eigenvalue weighted by molar-refractivity contribution is 9.10. The minimum absolute atomic E-state index is 0.0696. The van der Waals surface area contributed by atoms with Gasteiger partial charge in [0.25, 0.3) is 0 Å². The molecule has 0 aliphatic heterocycles. The molecule has 0 unspecified atom stereocenters. The van der Waals surface area contributed by atoms with Crippen LogP contribution < -0.4 is 0 Å². The third-order valence-electron chi connectivity index (χ3n) is 2.92. The number of benzene rings is 2. The van der Waals surface area contributed by atoms with Crippen molar-refractivity contribution in [2.45, 2.75) is 13.3 Å². The van der Waals surface area contributed by atoms with E-state index >= 15 is 0 Å². The SMILES string of the molecule is Cc1ccc(C(=O)CC(=O)c2cc(Br)ccc2F)cc1. The van der Waals surface area contributed by atoms with Gasteiger partial charge in [0.2, 0.25) is 0 Å². The summed E-state index contributed by atoms with van der Waals surface area (Å²) in [5, 5.41) is 0. The summed E-state index contributed by atoms with van der Waals surface area (Å²) in [5.41, 5.74) is 1.42. The summed E-state index contributed by atoms with van der Waals surface area (Å²) >= 11 is 3.18. The number of hydrogen-bond donors (Lipinski definition) is 0. The van der Waals surface area contributed by atoms with Gasteiger partial charge in [-0.15, -0.1) is 0 Å². The van der Waals surface area contributed by atoms with E-state index in [1.165, 1.54) is 18.2 Å². The summed E-state index contributed by atoms with van der Waals surface area (Å²) in [6, 6.07) is 11.0. The van der Waals surface area contributed by atoms with Crippen LogP contribution in [0.5, 0.6) is 0 Å². The Labute approximate surface area is 124 Å². The summed E-state index contributed by atoms with van der Waals surface area (Å²) in [7, 11) is 0. The van der Waals surface area contributed by atoms with Crippen molar-refractivity contribution in [3.63, 3.8) is 0 Å². The lowest BCUT2D eigenvalue weighted by atomic mass is 10.0. The molecule has 0 spiro atoms. The maximum atomic E-state index is 13.6. The summed E-state index contributed by atoms with van der Waals surface area (Å²) < 4.78 is 14.2. The highest BCUT2D eigenvalue weighted by Gasteiger charge is 2.17. The van der Waals surface area contributed by atoms with Gasteiger partial charge in [-0.2, -0.15) is 0 Å². The highest BCUT2D eigenvalue weighted by Crippen LogP contribution is 2.18. The van der Waals surface area contributed by atoms with Crippen molar-refractivity contribution in [1.29, 1.82) is 0 Å². The number of aryl methyl sites for hydroxylation is 1. The topological polar surface area (TPSA) is 34.1 Å². The molecule has 0 heterocycles. The molecular formula is C16H12BrFO2. The van der Waals surface area contributed by atoms with E-state index in [-0.39, 0.29) is 17.8 Å². The van der Waals surface area contributed by atoms with Gasteiger partial charge in [-0.1, -0.05) is 45.8 Å². The van der Waals surface area contributed by atoms with Crippen molar-refractivity contribution < 1.29 is 14.0 Å². The Bertz CT molecular complexity index is 663. The third kappa shape index (κ3) is 3.39. The molecule has 0 aliphatic rings. The molecule has 4 heteroatoms. The lowest BCUT2D eigenvalue weighted by Crippen LogP contribution is -2.10. The quantitative estimate of drug-likeness (QED) is 0.615. The van der Waals surface area contributed by atoms with Gasteiger partial charge in [-0.25, -0.2) is 4.39 Å². The molecule has 0 bridgehead atoms. The van der Waals surface area contributed by atoms with E-state index in [4.69, 9.17) is 0 Å². The van der Waals surface area contributed by atoms with Crippen LogP contribution in [-0.4, -0.2) is 11.6 Å². The molecular weight excluding hydrogens is 323 g/mol. The molecule has 0 saturated carbocycles. The molecule has 20 heavy (non-hydrogen) atoms. The number of rotatable bonds is 4. The predicted molar refractivity (Wildman–Crippen MR) is 78.6 cm³/mol. The summed E-state index contributed by atoms with van der Waals surface area (Å²) in [6.07, 6.45) is -0.337. The lowest BCUT2D eigenvalue weighted by molar-refractivity contribution is 0.0892. The van der Waals surface area contributed by atoms with Crippen LogP contribution in [0, 0.1) is 12.7 Å². The van der Waals surface area contributed by atoms with Crippen LogP contribution in [0.1, 0.15) is 32.7 Å². The minimum Gasteiger partial charge on any atom is -0.294 e. The molecule has 0 amide bonds. The second-order valence-corrected chi connectivity index (χ2v) is 5.43. The summed E-state index contributed by atoms with van der Waals surface area (Å²) in [4.78, 5) is 24.0. The minimum atomic E-state index is -0.616. The normalized spacial score (nSPS) is 10.3. The zero-order chi connectivity index (χ0) is 14.7. The Morgan fingerprint density at radius 2 is 1.70 bits per heavy atom. The maximum Gasteiger partial charge on any atom is 0.173 e. The first kappa shape index (κ1) is 14.6. The van der Waals surface area contributed by atoms with Gasteiger partial charge in [0.15, 0.2) is 11.6 Å². The Kier molecular flexibility index (Phi) is 4.45. The van der Waals surface area contributed by atoms with Gasteiger partial charge in [-0.3, -0.25) is 9.59 Å². The lowest BCUT2D eigenvalue weighted by Gasteiger charge is -2.04. The van der Waals surface area contributed by atoms with Gasteiger partial charge in [0, 0.05) is 10.0 Å². The largest absolute Gasteiger partial charge is 0.294 e. The molecule has 0 N–H and O–H groups in total. The van der Waals surface area contributed by atoms with Crippen molar-refractivity contribution in [2.24, 2.45) is 0 Å². The molecule has 0 saturated heterocycles. The van der Waals surface area contributed by atoms with Gasteiger partial charge in [-0.05, 0) is 25.1 Å². The van der Waals surface area contributed by atoms with E-state index in [1.54, 1.807) is 24.3 Å². The van der Waals surface area contributed by atoms with E-state index in [2.05, 4.69) is 15.9 Å². The van der Waals surface area contributed by atoms with Crippen molar-refractivity contribution in [2.75, 3.05) is 0 Å².